The van der Waals surface area contributed by atoms with E-state index in [1.165, 1.54) is 60.4 Å². The van der Waals surface area contributed by atoms with Gasteiger partial charge in [-0.25, -0.2) is 0 Å². The fraction of sp³-hybridized carbons (Fsp3) is 0.500. The number of nitrogens with one attached hydrogen (secondary N) is 1. The Labute approximate surface area is 176 Å². The average Bonchev–Trinajstić information content (AvgIpc) is 2.73. The summed E-state index contributed by atoms with van der Waals surface area (Å²) in [5.41, 5.74) is 2.54. The maximum absolute atomic E-state index is 10.5. The Morgan fingerprint density at radius 3 is 2.55 bits per heavy atom. The first-order chi connectivity index (χ1) is 14.2. The fourth-order valence-corrected chi connectivity index (χ4v) is 3.84. The molecule has 0 bridgehead atoms. The molecule has 0 aliphatic heterocycles. The van der Waals surface area contributed by atoms with Crippen molar-refractivity contribution in [3.8, 4) is 0 Å². The molecule has 0 aromatic heterocycles. The minimum Gasteiger partial charge on any atom is -0.326 e. The van der Waals surface area contributed by atoms with Crippen LogP contribution in [0.1, 0.15) is 69.4 Å². The van der Waals surface area contributed by atoms with E-state index in [0.29, 0.717) is 13.0 Å². The second kappa shape index (κ2) is 14.5. The zero-order valence-electron chi connectivity index (χ0n) is 17.7. The van der Waals surface area contributed by atoms with Crippen molar-refractivity contribution >= 4 is 25.1 Å². The molecule has 2 N–H and O–H groups in total. The second-order valence-electron chi connectivity index (χ2n) is 7.46. The van der Waals surface area contributed by atoms with Crippen LogP contribution in [-0.4, -0.2) is 18.0 Å². The smallest absolute Gasteiger partial charge is 0.316 e. The summed E-state index contributed by atoms with van der Waals surface area (Å²) in [4.78, 5) is 8.66. The van der Waals surface area contributed by atoms with Gasteiger partial charge >= 0.3 is 8.25 Å². The van der Waals surface area contributed by atoms with Gasteiger partial charge in [-0.05, 0) is 47.7 Å². The van der Waals surface area contributed by atoms with Crippen molar-refractivity contribution in [1.82, 2.24) is 5.32 Å². The summed E-state index contributed by atoms with van der Waals surface area (Å²) in [6, 6.07) is 13.0. The summed E-state index contributed by atoms with van der Waals surface area (Å²) in [5, 5.41) is 5.96. The Morgan fingerprint density at radius 2 is 1.76 bits per heavy atom. The summed E-state index contributed by atoms with van der Waals surface area (Å²) in [5.74, 6) is 0. The van der Waals surface area contributed by atoms with Gasteiger partial charge in [0.25, 0.3) is 0 Å². The minimum absolute atomic E-state index is 0.310. The highest BCUT2D eigenvalue weighted by Gasteiger charge is 2.04. The molecule has 2 aromatic rings. The van der Waals surface area contributed by atoms with Crippen LogP contribution in [-0.2, 0) is 15.6 Å². The van der Waals surface area contributed by atoms with E-state index in [0.717, 1.165) is 19.5 Å². The SMILES string of the molecule is CCCCCCCC/C=C/c1ccc(CNCCCO[PH](=O)O)c2ccccc12. The molecule has 2 aromatic carbocycles. The van der Waals surface area contributed by atoms with E-state index in [-0.39, 0.29) is 0 Å². The van der Waals surface area contributed by atoms with E-state index in [2.05, 4.69) is 60.8 Å². The van der Waals surface area contributed by atoms with Crippen LogP contribution in [0.4, 0.5) is 0 Å². The van der Waals surface area contributed by atoms with Crippen molar-refractivity contribution in [2.24, 2.45) is 0 Å². The molecule has 1 atom stereocenters. The molecule has 0 aliphatic rings. The van der Waals surface area contributed by atoms with Gasteiger partial charge in [0.1, 0.15) is 0 Å². The van der Waals surface area contributed by atoms with Crippen molar-refractivity contribution in [1.29, 1.82) is 0 Å². The largest absolute Gasteiger partial charge is 0.326 e. The summed E-state index contributed by atoms with van der Waals surface area (Å²) in [6.07, 6.45) is 14.4. The molecule has 2 rings (SSSR count). The zero-order valence-corrected chi connectivity index (χ0v) is 18.7. The van der Waals surface area contributed by atoms with Gasteiger partial charge in [-0.1, -0.05) is 87.6 Å². The summed E-state index contributed by atoms with van der Waals surface area (Å²) < 4.78 is 15.2. The third-order valence-corrected chi connectivity index (χ3v) is 5.56. The average molecular weight is 418 g/mol. The Kier molecular flexibility index (Phi) is 11.9. The number of hydrogen-bond donors (Lipinski definition) is 2. The third kappa shape index (κ3) is 9.27. The van der Waals surface area contributed by atoms with E-state index < -0.39 is 8.25 Å². The highest BCUT2D eigenvalue weighted by molar-refractivity contribution is 7.32. The third-order valence-electron chi connectivity index (χ3n) is 5.11. The Hall–Kier alpha value is -1.45. The predicted octanol–water partition coefficient (Wildman–Crippen LogP) is 6.48. The fourth-order valence-electron chi connectivity index (χ4n) is 3.52. The van der Waals surface area contributed by atoms with Gasteiger partial charge < -0.3 is 14.7 Å². The normalized spacial score (nSPS) is 12.8. The van der Waals surface area contributed by atoms with E-state index >= 15 is 0 Å². The molecule has 0 saturated carbocycles. The van der Waals surface area contributed by atoms with E-state index in [1.807, 2.05) is 0 Å². The molecular weight excluding hydrogens is 381 g/mol. The van der Waals surface area contributed by atoms with Gasteiger partial charge in [0.05, 0.1) is 6.61 Å². The number of rotatable bonds is 15. The zero-order chi connectivity index (χ0) is 20.7. The predicted molar refractivity (Wildman–Crippen MR) is 124 cm³/mol. The highest BCUT2D eigenvalue weighted by Crippen LogP contribution is 2.24. The molecule has 0 saturated heterocycles. The minimum atomic E-state index is -2.81. The lowest BCUT2D eigenvalue weighted by Crippen LogP contribution is -2.16. The van der Waals surface area contributed by atoms with Crippen LogP contribution in [0.5, 0.6) is 0 Å². The number of benzene rings is 2. The topological polar surface area (TPSA) is 58.6 Å². The van der Waals surface area contributed by atoms with Gasteiger partial charge in [0.2, 0.25) is 0 Å². The van der Waals surface area contributed by atoms with Gasteiger partial charge in [-0.3, -0.25) is 4.57 Å². The molecule has 0 amide bonds. The van der Waals surface area contributed by atoms with E-state index in [1.54, 1.807) is 0 Å². The molecule has 0 heterocycles. The van der Waals surface area contributed by atoms with Crippen molar-refractivity contribution in [3.63, 3.8) is 0 Å². The van der Waals surface area contributed by atoms with Crippen molar-refractivity contribution < 1.29 is 14.0 Å². The van der Waals surface area contributed by atoms with Gasteiger partial charge in [-0.15, -0.1) is 0 Å². The van der Waals surface area contributed by atoms with Crippen LogP contribution in [0.3, 0.4) is 0 Å². The van der Waals surface area contributed by atoms with Crippen molar-refractivity contribution in [3.05, 3.63) is 53.6 Å². The number of fused-ring (bicyclic) bond motifs is 1. The van der Waals surface area contributed by atoms with Gasteiger partial charge in [0, 0.05) is 6.54 Å². The molecule has 5 heteroatoms. The molecule has 0 radical (unpaired) electrons. The number of unbranched alkanes of at least 4 members (excludes halogenated alkanes) is 6. The lowest BCUT2D eigenvalue weighted by molar-refractivity contribution is 0.276. The van der Waals surface area contributed by atoms with E-state index in [4.69, 9.17) is 9.42 Å². The molecule has 4 nitrogen and oxygen atoms in total. The molecular formula is C24H36NO3P. The number of hydrogen-bond acceptors (Lipinski definition) is 3. The Bertz CT molecular complexity index is 776. The summed E-state index contributed by atoms with van der Waals surface area (Å²) in [7, 11) is -2.81. The van der Waals surface area contributed by atoms with Crippen LogP contribution in [0.2, 0.25) is 0 Å². The Morgan fingerprint density at radius 1 is 1.00 bits per heavy atom. The molecule has 0 fully saturated rings. The van der Waals surface area contributed by atoms with Crippen LogP contribution in [0.15, 0.2) is 42.5 Å². The van der Waals surface area contributed by atoms with Crippen molar-refractivity contribution in [2.75, 3.05) is 13.2 Å². The highest BCUT2D eigenvalue weighted by atomic mass is 31.1. The molecule has 0 aliphatic carbocycles. The quantitative estimate of drug-likeness (QED) is 0.257. The van der Waals surface area contributed by atoms with Crippen LogP contribution < -0.4 is 5.32 Å². The lowest BCUT2D eigenvalue weighted by atomic mass is 9.98. The van der Waals surface area contributed by atoms with Gasteiger partial charge in [-0.2, -0.15) is 0 Å². The molecule has 1 unspecified atom stereocenters. The molecule has 29 heavy (non-hydrogen) atoms. The van der Waals surface area contributed by atoms with E-state index in [9.17, 15) is 4.57 Å². The standard InChI is InChI=1S/C24H36NO3P/c1-2-3-4-5-6-7-8-9-13-21-16-17-22(24-15-11-10-14-23(21)24)20-25-18-12-19-28-29(26)27/h9-11,13-17,25,29H,2-8,12,18-20H2,1H3,(H,26,27)/b13-9+. The summed E-state index contributed by atoms with van der Waals surface area (Å²) >= 11 is 0. The monoisotopic (exact) mass is 417 g/mol. The molecule has 0 spiro atoms. The first-order valence-corrected chi connectivity index (χ1v) is 12.2. The summed E-state index contributed by atoms with van der Waals surface area (Å²) in [6.45, 7) is 4.10. The van der Waals surface area contributed by atoms with Crippen molar-refractivity contribution in [2.45, 2.75) is 64.8 Å². The second-order valence-corrected chi connectivity index (χ2v) is 8.28. The molecule has 160 valence electrons. The lowest BCUT2D eigenvalue weighted by Gasteiger charge is -2.10. The number of allylic oxidation sites excluding steroid dienone is 1. The van der Waals surface area contributed by atoms with Gasteiger partial charge in [0.15, 0.2) is 0 Å². The van der Waals surface area contributed by atoms with Crippen LogP contribution in [0.25, 0.3) is 16.8 Å². The Balaban J connectivity index is 1.86. The maximum Gasteiger partial charge on any atom is 0.316 e. The van der Waals surface area contributed by atoms with Crippen LogP contribution in [0, 0.1) is 0 Å². The maximum atomic E-state index is 10.5. The van der Waals surface area contributed by atoms with Crippen LogP contribution >= 0.6 is 8.25 Å². The first-order valence-electron chi connectivity index (χ1n) is 11.0. The first kappa shape index (κ1) is 23.8.